The highest BCUT2D eigenvalue weighted by atomic mass is 31.2. The molecule has 36 heavy (non-hydrogen) atoms. The van der Waals surface area contributed by atoms with Gasteiger partial charge < -0.3 is 0 Å². The lowest BCUT2D eigenvalue weighted by Crippen LogP contribution is -2.30. The molecule has 0 bridgehead atoms. The van der Waals surface area contributed by atoms with Crippen molar-refractivity contribution in [3.8, 4) is 11.1 Å². The van der Waals surface area contributed by atoms with E-state index in [2.05, 4.69) is 127 Å². The number of carbonyl (C=O) groups excluding carboxylic acids is 1. The summed E-state index contributed by atoms with van der Waals surface area (Å²) in [6.07, 6.45) is 3.26. The molecule has 0 saturated carbocycles. The molecule has 172 valence electrons. The van der Waals surface area contributed by atoms with Crippen LogP contribution in [0, 0.1) is 0 Å². The number of benzene rings is 5. The summed E-state index contributed by atoms with van der Waals surface area (Å²) in [4.78, 5) is 13.2. The average molecular weight is 481 g/mol. The molecule has 0 spiro atoms. The predicted molar refractivity (Wildman–Crippen MR) is 155 cm³/mol. The van der Waals surface area contributed by atoms with Crippen molar-refractivity contribution in [1.82, 2.24) is 0 Å². The monoisotopic (exact) mass is 480 g/mol. The fourth-order valence-electron chi connectivity index (χ4n) is 5.41. The van der Waals surface area contributed by atoms with Crippen molar-refractivity contribution in [2.45, 2.75) is 0 Å². The Labute approximate surface area is 212 Å². The van der Waals surface area contributed by atoms with E-state index in [-0.39, 0.29) is 0 Å². The Bertz CT molecular complexity index is 1480. The average Bonchev–Trinajstić information content (AvgIpc) is 3.28. The number of fused-ring (bicyclic) bond motifs is 3. The predicted octanol–water partition coefficient (Wildman–Crippen LogP) is 6.46. The highest BCUT2D eigenvalue weighted by Gasteiger charge is 2.30. The first kappa shape index (κ1) is 22.3. The SMILES string of the molecule is O=CC(C=C1c2ccccc2-c2ccccc21)=P(c1ccccc1)(c1ccccc1)c1ccccc1. The molecular weight excluding hydrogens is 455 g/mol. The maximum Gasteiger partial charge on any atom is 0.151 e. The Morgan fingerprint density at radius 1 is 0.444 bits per heavy atom. The molecule has 1 aliphatic rings. The van der Waals surface area contributed by atoms with Crippen LogP contribution >= 0.6 is 6.89 Å². The summed E-state index contributed by atoms with van der Waals surface area (Å²) >= 11 is 0. The number of carbonyl (C=O) groups is 1. The van der Waals surface area contributed by atoms with Crippen molar-refractivity contribution >= 4 is 40.0 Å². The smallest absolute Gasteiger partial charge is 0.151 e. The fourth-order valence-corrected chi connectivity index (χ4v) is 9.54. The summed E-state index contributed by atoms with van der Waals surface area (Å²) in [6.45, 7) is -2.47. The van der Waals surface area contributed by atoms with E-state index in [0.29, 0.717) is 0 Å². The highest BCUT2D eigenvalue weighted by molar-refractivity contribution is 7.96. The van der Waals surface area contributed by atoms with Crippen LogP contribution in [0.4, 0.5) is 0 Å². The highest BCUT2D eigenvalue weighted by Crippen LogP contribution is 2.49. The normalized spacial score (nSPS) is 11.9. The van der Waals surface area contributed by atoms with Crippen LogP contribution in [0.3, 0.4) is 0 Å². The summed E-state index contributed by atoms with van der Waals surface area (Å²) < 4.78 is 0. The van der Waals surface area contributed by atoms with Crippen molar-refractivity contribution in [2.75, 3.05) is 0 Å². The van der Waals surface area contributed by atoms with E-state index < -0.39 is 6.89 Å². The molecule has 0 N–H and O–H groups in total. The van der Waals surface area contributed by atoms with E-state index in [1.807, 2.05) is 18.2 Å². The van der Waals surface area contributed by atoms with E-state index in [1.165, 1.54) is 38.2 Å². The van der Waals surface area contributed by atoms with E-state index in [0.717, 1.165) is 17.2 Å². The van der Waals surface area contributed by atoms with Crippen LogP contribution in [0.25, 0.3) is 16.7 Å². The van der Waals surface area contributed by atoms with Crippen LogP contribution in [0.2, 0.25) is 0 Å². The molecule has 5 aromatic rings. The summed E-state index contributed by atoms with van der Waals surface area (Å²) in [7, 11) is 0. The molecule has 0 fully saturated rings. The minimum atomic E-state index is -2.47. The van der Waals surface area contributed by atoms with Crippen molar-refractivity contribution < 1.29 is 4.79 Å². The summed E-state index contributed by atoms with van der Waals surface area (Å²) in [6, 6.07) is 48.6. The van der Waals surface area contributed by atoms with Gasteiger partial charge in [-0.2, -0.15) is 0 Å². The Hall–Kier alpha value is -4.19. The maximum atomic E-state index is 13.2. The first-order chi connectivity index (χ1) is 17.8. The van der Waals surface area contributed by atoms with Crippen molar-refractivity contribution in [1.29, 1.82) is 0 Å². The minimum Gasteiger partial charge on any atom is -0.298 e. The molecule has 5 aromatic carbocycles. The van der Waals surface area contributed by atoms with Crippen molar-refractivity contribution in [3.63, 3.8) is 0 Å². The van der Waals surface area contributed by atoms with E-state index in [4.69, 9.17) is 0 Å². The third-order valence-electron chi connectivity index (χ3n) is 6.96. The van der Waals surface area contributed by atoms with Crippen LogP contribution in [-0.4, -0.2) is 11.6 Å². The molecule has 0 aromatic heterocycles. The Morgan fingerprint density at radius 2 is 0.778 bits per heavy atom. The largest absolute Gasteiger partial charge is 0.298 e. The second kappa shape index (κ2) is 9.46. The molecule has 0 aliphatic heterocycles. The number of hydrogen-bond donors (Lipinski definition) is 0. The zero-order valence-corrected chi connectivity index (χ0v) is 20.7. The first-order valence-electron chi connectivity index (χ1n) is 12.1. The lowest BCUT2D eigenvalue weighted by atomic mass is 10.0. The van der Waals surface area contributed by atoms with Crippen LogP contribution in [0.5, 0.6) is 0 Å². The molecule has 1 nitrogen and oxygen atoms in total. The Kier molecular flexibility index (Phi) is 5.85. The van der Waals surface area contributed by atoms with Crippen LogP contribution in [-0.2, 0) is 4.79 Å². The van der Waals surface area contributed by atoms with Crippen LogP contribution < -0.4 is 15.9 Å². The molecule has 0 unspecified atom stereocenters. The van der Waals surface area contributed by atoms with Crippen molar-refractivity contribution in [2.24, 2.45) is 0 Å². The summed E-state index contributed by atoms with van der Waals surface area (Å²) in [5.41, 5.74) is 5.88. The third-order valence-corrected chi connectivity index (χ3v) is 11.2. The first-order valence-corrected chi connectivity index (χ1v) is 13.9. The van der Waals surface area contributed by atoms with Gasteiger partial charge in [0.15, 0.2) is 6.29 Å². The standard InChI is InChI=1S/C34H25OP/c35-25-29(24-34-32-22-12-10-20-30(32)31-21-11-13-23-33(31)34)36(26-14-4-1-5-15-26,27-16-6-2-7-17-27)28-18-8-3-9-19-28/h1-25H. The molecule has 2 heteroatoms. The van der Waals surface area contributed by atoms with Gasteiger partial charge >= 0.3 is 0 Å². The molecule has 1 aliphatic carbocycles. The van der Waals surface area contributed by atoms with Gasteiger partial charge in [-0.3, -0.25) is 4.79 Å². The van der Waals surface area contributed by atoms with Crippen molar-refractivity contribution in [3.05, 3.63) is 157 Å². The van der Waals surface area contributed by atoms with Gasteiger partial charge in [-0.15, -0.1) is 0 Å². The lowest BCUT2D eigenvalue weighted by Gasteiger charge is -2.30. The number of hydrogen-bond acceptors (Lipinski definition) is 1. The number of aldehydes is 1. The molecule has 6 rings (SSSR count). The zero-order valence-electron chi connectivity index (χ0n) is 19.8. The van der Waals surface area contributed by atoms with Crippen LogP contribution in [0.15, 0.2) is 146 Å². The van der Waals surface area contributed by atoms with Crippen LogP contribution in [0.1, 0.15) is 11.1 Å². The molecular formula is C34H25OP. The third kappa shape index (κ3) is 3.52. The molecule has 0 atom stereocenters. The second-order valence-corrected chi connectivity index (χ2v) is 12.3. The Balaban J connectivity index is 1.79. The van der Waals surface area contributed by atoms with Gasteiger partial charge in [-0.05, 0) is 56.7 Å². The number of allylic oxidation sites excluding steroid dienone is 1. The van der Waals surface area contributed by atoms with Gasteiger partial charge in [0.05, 0.1) is 0 Å². The minimum absolute atomic E-state index is 0.813. The van der Waals surface area contributed by atoms with Gasteiger partial charge in [-0.1, -0.05) is 140 Å². The van der Waals surface area contributed by atoms with Gasteiger partial charge in [-0.25, -0.2) is 0 Å². The molecule has 0 heterocycles. The Morgan fingerprint density at radius 3 is 1.14 bits per heavy atom. The number of rotatable bonds is 5. The maximum absolute atomic E-state index is 13.2. The summed E-state index contributed by atoms with van der Waals surface area (Å²) in [5, 5.41) is 4.32. The second-order valence-electron chi connectivity index (χ2n) is 8.87. The topological polar surface area (TPSA) is 17.1 Å². The van der Waals surface area contributed by atoms with Gasteiger partial charge in [0.2, 0.25) is 0 Å². The molecule has 0 saturated heterocycles. The fraction of sp³-hybridized carbons (Fsp3) is 0. The van der Waals surface area contributed by atoms with Gasteiger partial charge in [0, 0.05) is 5.29 Å². The quantitative estimate of drug-likeness (QED) is 0.204. The van der Waals surface area contributed by atoms with Gasteiger partial charge in [0.1, 0.15) is 0 Å². The molecule has 0 amide bonds. The van der Waals surface area contributed by atoms with E-state index in [9.17, 15) is 4.79 Å². The molecule has 0 radical (unpaired) electrons. The van der Waals surface area contributed by atoms with Gasteiger partial charge in [0.25, 0.3) is 0 Å². The zero-order chi connectivity index (χ0) is 24.4. The summed E-state index contributed by atoms with van der Waals surface area (Å²) in [5.74, 6) is 0. The van der Waals surface area contributed by atoms with E-state index in [1.54, 1.807) is 0 Å². The lowest BCUT2D eigenvalue weighted by molar-refractivity contribution is -0.102. The van der Waals surface area contributed by atoms with E-state index >= 15 is 0 Å².